The number of nitrogens with two attached hydrogens (primary N) is 1. The molecule has 2 unspecified atom stereocenters. The molecule has 0 amide bonds. The van der Waals surface area contributed by atoms with E-state index in [0.717, 1.165) is 6.42 Å². The minimum Gasteiger partial charge on any atom is -0.271 e. The molecule has 1 aromatic heterocycles. The lowest BCUT2D eigenvalue weighted by atomic mass is 9.92. The van der Waals surface area contributed by atoms with Gasteiger partial charge < -0.3 is 0 Å². The molecule has 0 fully saturated rings. The number of aromatic nitrogens is 1. The number of hydrogen-bond donors (Lipinski definition) is 2. The van der Waals surface area contributed by atoms with Gasteiger partial charge in [-0.25, -0.2) is 0 Å². The molecule has 0 aromatic carbocycles. The largest absolute Gasteiger partial charge is 0.271 e. The fourth-order valence-electron chi connectivity index (χ4n) is 3.56. The van der Waals surface area contributed by atoms with Gasteiger partial charge in [0.1, 0.15) is 0 Å². The van der Waals surface area contributed by atoms with E-state index in [1.54, 1.807) is 0 Å². The van der Waals surface area contributed by atoms with E-state index < -0.39 is 0 Å². The third-order valence-corrected chi connectivity index (χ3v) is 4.82. The molecule has 21 heavy (non-hydrogen) atoms. The monoisotopic (exact) mass is 289 g/mol. The van der Waals surface area contributed by atoms with Crippen LogP contribution in [0.1, 0.15) is 81.9 Å². The zero-order valence-electron chi connectivity index (χ0n) is 13.5. The summed E-state index contributed by atoms with van der Waals surface area (Å²) in [5.74, 6) is 6.32. The summed E-state index contributed by atoms with van der Waals surface area (Å²) in [6, 6.07) is 4.64. The molecule has 118 valence electrons. The summed E-state index contributed by atoms with van der Waals surface area (Å²) >= 11 is 0. The van der Waals surface area contributed by atoms with Crippen molar-refractivity contribution in [3.05, 3.63) is 29.6 Å². The van der Waals surface area contributed by atoms with Gasteiger partial charge in [0.2, 0.25) is 0 Å². The fraction of sp³-hybridized carbons (Fsp3) is 0.722. The van der Waals surface area contributed by atoms with Crippen LogP contribution in [-0.4, -0.2) is 11.0 Å². The summed E-state index contributed by atoms with van der Waals surface area (Å²) in [4.78, 5) is 4.59. The molecule has 1 heterocycles. The zero-order valence-corrected chi connectivity index (χ0v) is 13.5. The first-order valence-corrected chi connectivity index (χ1v) is 8.76. The van der Waals surface area contributed by atoms with Crippen LogP contribution in [-0.2, 0) is 6.42 Å². The Hall–Kier alpha value is -0.930. The van der Waals surface area contributed by atoms with Gasteiger partial charge in [0.05, 0.1) is 0 Å². The highest BCUT2D eigenvalue weighted by Crippen LogP contribution is 2.35. The summed E-state index contributed by atoms with van der Waals surface area (Å²) in [7, 11) is 0. The third kappa shape index (κ3) is 4.79. The molecular weight excluding hydrogens is 258 g/mol. The van der Waals surface area contributed by atoms with Gasteiger partial charge in [-0.2, -0.15) is 0 Å². The Labute approximate surface area is 129 Å². The van der Waals surface area contributed by atoms with Crippen LogP contribution in [0.5, 0.6) is 0 Å². The van der Waals surface area contributed by atoms with Crippen LogP contribution in [0, 0.1) is 0 Å². The zero-order chi connectivity index (χ0) is 14.9. The van der Waals surface area contributed by atoms with E-state index in [9.17, 15) is 0 Å². The van der Waals surface area contributed by atoms with Gasteiger partial charge in [-0.1, -0.05) is 57.9 Å². The molecule has 3 heteroatoms. The lowest BCUT2D eigenvalue weighted by Crippen LogP contribution is -2.39. The molecule has 3 N–H and O–H groups in total. The number of aryl methyl sites for hydroxylation is 1. The molecule has 3 nitrogen and oxygen atoms in total. The van der Waals surface area contributed by atoms with Crippen molar-refractivity contribution in [2.75, 3.05) is 0 Å². The van der Waals surface area contributed by atoms with E-state index in [0.29, 0.717) is 12.0 Å². The lowest BCUT2D eigenvalue weighted by molar-refractivity contribution is 0.391. The molecule has 0 aliphatic heterocycles. The standard InChI is InChI=1S/C18H31N3/c1-2-3-4-5-6-7-8-11-17(21-19)16-13-12-15-10-9-14-20-18(15)16/h9-10,14,16-17,21H,2-8,11-13,19H2,1H3. The molecule has 2 rings (SSSR count). The van der Waals surface area contributed by atoms with Crippen LogP contribution in [0.2, 0.25) is 0 Å². The van der Waals surface area contributed by atoms with E-state index in [-0.39, 0.29) is 0 Å². The van der Waals surface area contributed by atoms with Gasteiger partial charge in [-0.15, -0.1) is 0 Å². The van der Waals surface area contributed by atoms with E-state index in [4.69, 9.17) is 5.84 Å². The second-order valence-electron chi connectivity index (χ2n) is 6.38. The molecule has 1 aromatic rings. The average molecular weight is 289 g/mol. The second kappa shape index (κ2) is 9.16. The van der Waals surface area contributed by atoms with Gasteiger partial charge in [0.15, 0.2) is 0 Å². The summed E-state index contributed by atoms with van der Waals surface area (Å²) in [6.07, 6.45) is 14.9. The first-order chi connectivity index (χ1) is 10.4. The molecule has 1 aliphatic rings. The highest BCUT2D eigenvalue weighted by molar-refractivity contribution is 5.29. The number of fused-ring (bicyclic) bond motifs is 1. The molecule has 1 aliphatic carbocycles. The molecule has 0 bridgehead atoms. The minimum atomic E-state index is 0.386. The predicted octanol–water partition coefficient (Wildman–Crippen LogP) is 4.08. The van der Waals surface area contributed by atoms with Crippen molar-refractivity contribution in [3.8, 4) is 0 Å². The lowest BCUT2D eigenvalue weighted by Gasteiger charge is -2.23. The Morgan fingerprint density at radius 3 is 2.76 bits per heavy atom. The van der Waals surface area contributed by atoms with Crippen molar-refractivity contribution in [2.24, 2.45) is 5.84 Å². The van der Waals surface area contributed by atoms with Crippen LogP contribution in [0.3, 0.4) is 0 Å². The highest BCUT2D eigenvalue weighted by atomic mass is 15.2. The quantitative estimate of drug-likeness (QED) is 0.387. The van der Waals surface area contributed by atoms with E-state index in [1.165, 1.54) is 69.0 Å². The fourth-order valence-corrected chi connectivity index (χ4v) is 3.56. The molecule has 0 saturated carbocycles. The predicted molar refractivity (Wildman–Crippen MR) is 89.0 cm³/mol. The van der Waals surface area contributed by atoms with Crippen LogP contribution in [0.15, 0.2) is 18.3 Å². The maximum Gasteiger partial charge on any atom is 0.0482 e. The molecule has 0 spiro atoms. The highest BCUT2D eigenvalue weighted by Gasteiger charge is 2.29. The van der Waals surface area contributed by atoms with Crippen LogP contribution in [0.25, 0.3) is 0 Å². The Morgan fingerprint density at radius 1 is 1.24 bits per heavy atom. The Balaban J connectivity index is 1.72. The average Bonchev–Trinajstić information content (AvgIpc) is 2.94. The smallest absolute Gasteiger partial charge is 0.0482 e. The third-order valence-electron chi connectivity index (χ3n) is 4.82. The van der Waals surface area contributed by atoms with Gasteiger partial charge in [-0.3, -0.25) is 16.3 Å². The topological polar surface area (TPSA) is 50.9 Å². The van der Waals surface area contributed by atoms with Crippen LogP contribution < -0.4 is 11.3 Å². The molecular formula is C18H31N3. The number of pyridine rings is 1. The summed E-state index contributed by atoms with van der Waals surface area (Å²) in [6.45, 7) is 2.27. The Kier molecular flexibility index (Phi) is 7.17. The summed E-state index contributed by atoms with van der Waals surface area (Å²) in [5.41, 5.74) is 5.76. The maximum absolute atomic E-state index is 5.81. The van der Waals surface area contributed by atoms with Gasteiger partial charge >= 0.3 is 0 Å². The van der Waals surface area contributed by atoms with Crippen LogP contribution in [0.4, 0.5) is 0 Å². The number of unbranched alkanes of at least 4 members (excludes halogenated alkanes) is 6. The number of hydrogen-bond acceptors (Lipinski definition) is 3. The number of nitrogens with one attached hydrogen (secondary N) is 1. The van der Waals surface area contributed by atoms with Crippen molar-refractivity contribution >= 4 is 0 Å². The Bertz CT molecular complexity index is 405. The van der Waals surface area contributed by atoms with Crippen molar-refractivity contribution in [1.29, 1.82) is 0 Å². The maximum atomic E-state index is 5.81. The summed E-state index contributed by atoms with van der Waals surface area (Å²) in [5, 5.41) is 0. The summed E-state index contributed by atoms with van der Waals surface area (Å²) < 4.78 is 0. The molecule has 0 radical (unpaired) electrons. The first kappa shape index (κ1) is 16.4. The first-order valence-electron chi connectivity index (χ1n) is 8.76. The van der Waals surface area contributed by atoms with Crippen LogP contribution >= 0.6 is 0 Å². The minimum absolute atomic E-state index is 0.386. The number of nitrogens with zero attached hydrogens (tertiary/aromatic N) is 1. The number of hydrazine groups is 1. The van der Waals surface area contributed by atoms with Crippen molar-refractivity contribution in [1.82, 2.24) is 10.4 Å². The SMILES string of the molecule is CCCCCCCCCC(NN)C1CCc2cccnc21. The van der Waals surface area contributed by atoms with E-state index >= 15 is 0 Å². The second-order valence-corrected chi connectivity index (χ2v) is 6.38. The van der Waals surface area contributed by atoms with E-state index in [2.05, 4.69) is 23.4 Å². The Morgan fingerprint density at radius 2 is 2.00 bits per heavy atom. The normalized spacial score (nSPS) is 18.7. The van der Waals surface area contributed by atoms with Gasteiger partial charge in [0, 0.05) is 23.9 Å². The van der Waals surface area contributed by atoms with E-state index in [1.807, 2.05) is 12.3 Å². The van der Waals surface area contributed by atoms with Crippen molar-refractivity contribution < 1.29 is 0 Å². The molecule has 2 atom stereocenters. The van der Waals surface area contributed by atoms with Gasteiger partial charge in [0.25, 0.3) is 0 Å². The molecule has 0 saturated heterocycles. The van der Waals surface area contributed by atoms with Crippen molar-refractivity contribution in [2.45, 2.75) is 83.1 Å². The van der Waals surface area contributed by atoms with Crippen molar-refractivity contribution in [3.63, 3.8) is 0 Å². The number of rotatable bonds is 10. The van der Waals surface area contributed by atoms with Gasteiger partial charge in [-0.05, 0) is 30.9 Å².